The van der Waals surface area contributed by atoms with Gasteiger partial charge in [0.25, 0.3) is 0 Å². The predicted molar refractivity (Wildman–Crippen MR) is 83.2 cm³/mol. The van der Waals surface area contributed by atoms with Crippen molar-refractivity contribution >= 4 is 11.0 Å². The summed E-state index contributed by atoms with van der Waals surface area (Å²) in [5.41, 5.74) is 4.03. The van der Waals surface area contributed by atoms with E-state index in [1.807, 2.05) is 47.4 Å². The van der Waals surface area contributed by atoms with E-state index in [1.54, 1.807) is 0 Å². The van der Waals surface area contributed by atoms with Gasteiger partial charge in [0.05, 0.1) is 17.4 Å². The van der Waals surface area contributed by atoms with E-state index in [-0.39, 0.29) is 0 Å². The van der Waals surface area contributed by atoms with Crippen molar-refractivity contribution in [3.8, 4) is 5.69 Å². The maximum Gasteiger partial charge on any atom is 0.113 e. The van der Waals surface area contributed by atoms with E-state index in [2.05, 4.69) is 34.5 Å². The quantitative estimate of drug-likeness (QED) is 0.781. The van der Waals surface area contributed by atoms with E-state index in [0.717, 1.165) is 29.8 Å². The van der Waals surface area contributed by atoms with Gasteiger partial charge in [-0.3, -0.25) is 4.98 Å². The SMILES string of the molecule is CC(C)CNCc1ccncc1-n1nnc2ccccc21. The lowest BCUT2D eigenvalue weighted by Gasteiger charge is -2.11. The summed E-state index contributed by atoms with van der Waals surface area (Å²) in [5.74, 6) is 0.627. The Morgan fingerprint density at radius 3 is 2.90 bits per heavy atom. The number of aromatic nitrogens is 4. The Labute approximate surface area is 124 Å². The topological polar surface area (TPSA) is 55.6 Å². The zero-order valence-electron chi connectivity index (χ0n) is 12.3. The molecule has 2 aromatic heterocycles. The van der Waals surface area contributed by atoms with Gasteiger partial charge in [-0.1, -0.05) is 31.2 Å². The van der Waals surface area contributed by atoms with Crippen molar-refractivity contribution in [3.63, 3.8) is 0 Å². The van der Waals surface area contributed by atoms with E-state index in [1.165, 1.54) is 5.56 Å². The van der Waals surface area contributed by atoms with Crippen molar-refractivity contribution in [1.82, 2.24) is 25.3 Å². The summed E-state index contributed by atoms with van der Waals surface area (Å²) in [5, 5.41) is 11.9. The third-order valence-electron chi connectivity index (χ3n) is 3.34. The first-order chi connectivity index (χ1) is 10.3. The van der Waals surface area contributed by atoms with E-state index >= 15 is 0 Å². The molecule has 0 spiro atoms. The normalized spacial score (nSPS) is 11.4. The van der Waals surface area contributed by atoms with Crippen LogP contribution in [0.5, 0.6) is 0 Å². The van der Waals surface area contributed by atoms with Crippen molar-refractivity contribution in [2.45, 2.75) is 20.4 Å². The van der Waals surface area contributed by atoms with E-state index in [4.69, 9.17) is 0 Å². The number of nitrogens with zero attached hydrogens (tertiary/aromatic N) is 4. The van der Waals surface area contributed by atoms with E-state index < -0.39 is 0 Å². The van der Waals surface area contributed by atoms with Gasteiger partial charge in [0, 0.05) is 12.7 Å². The smallest absolute Gasteiger partial charge is 0.113 e. The van der Waals surface area contributed by atoms with E-state index in [9.17, 15) is 0 Å². The summed E-state index contributed by atoms with van der Waals surface area (Å²) >= 11 is 0. The molecular formula is C16H19N5. The monoisotopic (exact) mass is 281 g/mol. The Bertz CT molecular complexity index is 732. The molecule has 0 atom stereocenters. The van der Waals surface area contributed by atoms with Gasteiger partial charge in [-0.05, 0) is 36.2 Å². The molecule has 0 saturated carbocycles. The van der Waals surface area contributed by atoms with Crippen LogP contribution in [0.4, 0.5) is 0 Å². The molecule has 0 aliphatic rings. The molecule has 3 rings (SSSR count). The fourth-order valence-corrected chi connectivity index (χ4v) is 2.30. The fourth-order valence-electron chi connectivity index (χ4n) is 2.30. The molecule has 108 valence electrons. The number of rotatable bonds is 5. The van der Waals surface area contributed by atoms with Gasteiger partial charge in [-0.15, -0.1) is 5.10 Å². The van der Waals surface area contributed by atoms with Crippen molar-refractivity contribution in [2.24, 2.45) is 5.92 Å². The first kappa shape index (κ1) is 13.7. The Morgan fingerprint density at radius 1 is 1.19 bits per heavy atom. The number of para-hydroxylation sites is 1. The Hall–Kier alpha value is -2.27. The van der Waals surface area contributed by atoms with Crippen LogP contribution in [0.1, 0.15) is 19.4 Å². The summed E-state index contributed by atoms with van der Waals surface area (Å²) in [6.07, 6.45) is 3.66. The van der Waals surface area contributed by atoms with Gasteiger partial charge in [0.15, 0.2) is 0 Å². The minimum absolute atomic E-state index is 0.627. The van der Waals surface area contributed by atoms with Crippen LogP contribution in [0, 0.1) is 5.92 Å². The van der Waals surface area contributed by atoms with E-state index in [0.29, 0.717) is 5.92 Å². The molecule has 3 aromatic rings. The fraction of sp³-hybridized carbons (Fsp3) is 0.312. The van der Waals surface area contributed by atoms with Crippen LogP contribution in [0.15, 0.2) is 42.7 Å². The van der Waals surface area contributed by atoms with Crippen molar-refractivity contribution in [1.29, 1.82) is 0 Å². The number of pyridine rings is 1. The standard InChI is InChI=1S/C16H19N5/c1-12(2)9-18-10-13-7-8-17-11-16(13)21-15-6-4-3-5-14(15)19-20-21/h3-8,11-12,18H,9-10H2,1-2H3. The molecule has 2 heterocycles. The molecule has 5 heteroatoms. The lowest BCUT2D eigenvalue weighted by Crippen LogP contribution is -2.20. The number of benzene rings is 1. The molecule has 1 aromatic carbocycles. The molecule has 0 unspecified atom stereocenters. The van der Waals surface area contributed by atoms with Crippen LogP contribution in [0.3, 0.4) is 0 Å². The Morgan fingerprint density at radius 2 is 2.05 bits per heavy atom. The molecule has 0 aliphatic heterocycles. The zero-order chi connectivity index (χ0) is 14.7. The molecule has 0 amide bonds. The maximum atomic E-state index is 4.27. The van der Waals surface area contributed by atoms with Crippen LogP contribution >= 0.6 is 0 Å². The average Bonchev–Trinajstić information content (AvgIpc) is 2.91. The highest BCUT2D eigenvalue weighted by Gasteiger charge is 2.10. The van der Waals surface area contributed by atoms with Crippen LogP contribution in [-0.2, 0) is 6.54 Å². The van der Waals surface area contributed by atoms with Gasteiger partial charge in [-0.25, -0.2) is 4.68 Å². The molecule has 0 saturated heterocycles. The first-order valence-electron chi connectivity index (χ1n) is 7.20. The van der Waals surface area contributed by atoms with Gasteiger partial charge < -0.3 is 5.32 Å². The molecule has 21 heavy (non-hydrogen) atoms. The van der Waals surface area contributed by atoms with Gasteiger partial charge >= 0.3 is 0 Å². The van der Waals surface area contributed by atoms with Gasteiger partial charge in [-0.2, -0.15) is 0 Å². The third kappa shape index (κ3) is 2.92. The number of hydrogen-bond acceptors (Lipinski definition) is 4. The van der Waals surface area contributed by atoms with Crippen LogP contribution < -0.4 is 5.32 Å². The Balaban J connectivity index is 1.95. The highest BCUT2D eigenvalue weighted by molar-refractivity contribution is 5.76. The van der Waals surface area contributed by atoms with Gasteiger partial charge in [0.1, 0.15) is 5.52 Å². The number of nitrogens with one attached hydrogen (secondary N) is 1. The second-order valence-electron chi connectivity index (χ2n) is 5.52. The van der Waals surface area contributed by atoms with Crippen molar-refractivity contribution in [2.75, 3.05) is 6.54 Å². The largest absolute Gasteiger partial charge is 0.312 e. The first-order valence-corrected chi connectivity index (χ1v) is 7.20. The molecule has 1 N–H and O–H groups in total. The lowest BCUT2D eigenvalue weighted by molar-refractivity contribution is 0.551. The predicted octanol–water partition coefficient (Wildman–Crippen LogP) is 2.56. The molecule has 0 aliphatic carbocycles. The molecule has 0 fully saturated rings. The van der Waals surface area contributed by atoms with Crippen molar-refractivity contribution < 1.29 is 0 Å². The average molecular weight is 281 g/mol. The third-order valence-corrected chi connectivity index (χ3v) is 3.34. The molecular weight excluding hydrogens is 262 g/mol. The summed E-state index contributed by atoms with van der Waals surface area (Å²) < 4.78 is 1.86. The highest BCUT2D eigenvalue weighted by atomic mass is 15.4. The minimum atomic E-state index is 0.627. The summed E-state index contributed by atoms with van der Waals surface area (Å²) in [4.78, 5) is 4.23. The molecule has 5 nitrogen and oxygen atoms in total. The van der Waals surface area contributed by atoms with Crippen LogP contribution in [0.25, 0.3) is 16.7 Å². The number of hydrogen-bond donors (Lipinski definition) is 1. The Kier molecular flexibility index (Phi) is 3.92. The van der Waals surface area contributed by atoms with Crippen LogP contribution in [-0.4, -0.2) is 26.5 Å². The second-order valence-corrected chi connectivity index (χ2v) is 5.52. The van der Waals surface area contributed by atoms with Gasteiger partial charge in [0.2, 0.25) is 0 Å². The molecule has 0 bridgehead atoms. The number of fused-ring (bicyclic) bond motifs is 1. The highest BCUT2D eigenvalue weighted by Crippen LogP contribution is 2.18. The lowest BCUT2D eigenvalue weighted by atomic mass is 10.2. The summed E-state index contributed by atoms with van der Waals surface area (Å²) in [6.45, 7) is 6.18. The minimum Gasteiger partial charge on any atom is -0.312 e. The van der Waals surface area contributed by atoms with Crippen molar-refractivity contribution in [3.05, 3.63) is 48.3 Å². The summed E-state index contributed by atoms with van der Waals surface area (Å²) in [7, 11) is 0. The maximum absolute atomic E-state index is 4.27. The molecule has 0 radical (unpaired) electrons. The van der Waals surface area contributed by atoms with Crippen LogP contribution in [0.2, 0.25) is 0 Å². The second kappa shape index (κ2) is 6.01. The zero-order valence-corrected chi connectivity index (χ0v) is 12.3. The summed E-state index contributed by atoms with van der Waals surface area (Å²) in [6, 6.07) is 9.98.